The van der Waals surface area contributed by atoms with E-state index in [9.17, 15) is 13.2 Å². The number of carbonyl (C=O) groups is 1. The average molecular weight is 473 g/mol. The number of anilines is 1. The molecule has 0 atom stereocenters. The lowest BCUT2D eigenvalue weighted by Crippen LogP contribution is -2.50. The molecule has 32 heavy (non-hydrogen) atoms. The Balaban J connectivity index is 2.02. The Labute approximate surface area is 194 Å². The Kier molecular flexibility index (Phi) is 7.26. The number of amides is 1. The van der Waals surface area contributed by atoms with Gasteiger partial charge in [0.25, 0.3) is 10.0 Å². The van der Waals surface area contributed by atoms with Crippen LogP contribution in [0.3, 0.4) is 0 Å². The summed E-state index contributed by atoms with van der Waals surface area (Å²) in [5.74, 6) is 0.0817. The van der Waals surface area contributed by atoms with E-state index in [-0.39, 0.29) is 16.7 Å². The molecule has 8 heteroatoms. The third-order valence-corrected chi connectivity index (χ3v) is 8.10. The van der Waals surface area contributed by atoms with E-state index in [4.69, 9.17) is 4.74 Å². The van der Waals surface area contributed by atoms with E-state index in [2.05, 4.69) is 0 Å². The summed E-state index contributed by atoms with van der Waals surface area (Å²) in [6, 6.07) is 19.7. The lowest BCUT2D eigenvalue weighted by atomic mass is 10.0. The van der Waals surface area contributed by atoms with E-state index in [1.54, 1.807) is 46.7 Å². The van der Waals surface area contributed by atoms with Gasteiger partial charge < -0.3 is 9.64 Å². The number of hydrogen-bond donors (Lipinski definition) is 0. The van der Waals surface area contributed by atoms with Crippen LogP contribution < -0.4 is 9.04 Å². The summed E-state index contributed by atoms with van der Waals surface area (Å²) in [5, 5.41) is 1.70. The Morgan fingerprint density at radius 1 is 0.969 bits per heavy atom. The van der Waals surface area contributed by atoms with Crippen molar-refractivity contribution >= 4 is 33.0 Å². The first-order chi connectivity index (χ1) is 15.1. The van der Waals surface area contributed by atoms with Gasteiger partial charge in [-0.25, -0.2) is 8.42 Å². The third-order valence-electron chi connectivity index (χ3n) is 4.97. The Morgan fingerprint density at radius 2 is 1.62 bits per heavy atom. The van der Waals surface area contributed by atoms with Crippen molar-refractivity contribution in [1.82, 2.24) is 4.90 Å². The molecule has 6 nitrogen and oxygen atoms in total. The van der Waals surface area contributed by atoms with Crippen molar-refractivity contribution in [3.8, 4) is 5.75 Å². The fourth-order valence-electron chi connectivity index (χ4n) is 3.33. The lowest BCUT2D eigenvalue weighted by molar-refractivity contribution is -0.135. The first kappa shape index (κ1) is 23.8. The van der Waals surface area contributed by atoms with Gasteiger partial charge in [0.05, 0.1) is 12.8 Å². The molecule has 0 bridgehead atoms. The van der Waals surface area contributed by atoms with E-state index < -0.39 is 15.6 Å². The fourth-order valence-corrected chi connectivity index (χ4v) is 5.86. The largest absolute Gasteiger partial charge is 0.495 e. The molecular weight excluding hydrogens is 444 g/mol. The van der Waals surface area contributed by atoms with Crippen molar-refractivity contribution in [2.24, 2.45) is 0 Å². The minimum absolute atomic E-state index is 0.168. The molecular formula is C24H28N2O4S2. The molecule has 0 saturated carbocycles. The molecule has 1 amide bonds. The number of carbonyl (C=O) groups excluding carboxylic acids is 1. The number of para-hydroxylation sites is 2. The molecule has 0 unspecified atom stereocenters. The van der Waals surface area contributed by atoms with Crippen LogP contribution in [0.4, 0.5) is 5.69 Å². The molecule has 170 valence electrons. The van der Waals surface area contributed by atoms with Gasteiger partial charge in [0.2, 0.25) is 5.91 Å². The van der Waals surface area contributed by atoms with Crippen molar-refractivity contribution in [3.05, 3.63) is 77.7 Å². The maximum Gasteiger partial charge on any atom is 0.274 e. The molecule has 0 aliphatic carbocycles. The number of benzene rings is 2. The van der Waals surface area contributed by atoms with E-state index in [1.807, 2.05) is 51.1 Å². The summed E-state index contributed by atoms with van der Waals surface area (Å²) < 4.78 is 33.8. The summed E-state index contributed by atoms with van der Waals surface area (Å²) in [7, 11) is -2.49. The van der Waals surface area contributed by atoms with E-state index >= 15 is 0 Å². The highest BCUT2D eigenvalue weighted by atomic mass is 32.2. The second-order valence-corrected chi connectivity index (χ2v) is 11.3. The summed E-state index contributed by atoms with van der Waals surface area (Å²) in [6.07, 6.45) is 0. The molecule has 1 heterocycles. The lowest BCUT2D eigenvalue weighted by Gasteiger charge is -2.37. The average Bonchev–Trinajstić information content (AvgIpc) is 3.31. The van der Waals surface area contributed by atoms with E-state index in [0.29, 0.717) is 18.0 Å². The second-order valence-electron chi connectivity index (χ2n) is 8.25. The molecule has 0 N–H and O–H groups in total. The van der Waals surface area contributed by atoms with Gasteiger partial charge >= 0.3 is 0 Å². The SMILES string of the molecule is COc1ccccc1N(CC(=O)N(Cc1ccccc1)C(C)(C)C)S(=O)(=O)c1cccs1. The molecule has 0 radical (unpaired) electrons. The smallest absolute Gasteiger partial charge is 0.274 e. The topological polar surface area (TPSA) is 66.9 Å². The molecule has 0 aliphatic rings. The first-order valence-corrected chi connectivity index (χ1v) is 12.5. The van der Waals surface area contributed by atoms with Gasteiger partial charge in [-0.3, -0.25) is 9.10 Å². The van der Waals surface area contributed by atoms with Crippen molar-refractivity contribution in [1.29, 1.82) is 0 Å². The zero-order valence-electron chi connectivity index (χ0n) is 18.7. The maximum atomic E-state index is 13.6. The van der Waals surface area contributed by atoms with Crippen LogP contribution in [0.25, 0.3) is 0 Å². The van der Waals surface area contributed by atoms with Crippen LogP contribution in [0.1, 0.15) is 26.3 Å². The number of sulfonamides is 1. The van der Waals surface area contributed by atoms with E-state index in [1.165, 1.54) is 7.11 Å². The Bertz CT molecular complexity index is 1140. The predicted molar refractivity (Wildman–Crippen MR) is 129 cm³/mol. The molecule has 3 aromatic rings. The van der Waals surface area contributed by atoms with Gasteiger partial charge in [-0.2, -0.15) is 0 Å². The molecule has 0 saturated heterocycles. The highest BCUT2D eigenvalue weighted by Gasteiger charge is 2.34. The molecule has 0 aliphatic heterocycles. The summed E-state index contributed by atoms with van der Waals surface area (Å²) in [4.78, 5) is 15.3. The Hall–Kier alpha value is -2.84. The van der Waals surface area contributed by atoms with Crippen LogP contribution in [-0.4, -0.2) is 38.4 Å². The molecule has 2 aromatic carbocycles. The molecule has 0 spiro atoms. The third kappa shape index (κ3) is 5.31. The summed E-state index contributed by atoms with van der Waals surface area (Å²) in [5.41, 5.74) is 0.789. The minimum atomic E-state index is -3.97. The van der Waals surface area contributed by atoms with Crippen LogP contribution in [-0.2, 0) is 21.4 Å². The van der Waals surface area contributed by atoms with Gasteiger partial charge in [0.15, 0.2) is 0 Å². The van der Waals surface area contributed by atoms with Crippen LogP contribution in [0.5, 0.6) is 5.75 Å². The number of thiophene rings is 1. The zero-order chi connectivity index (χ0) is 23.4. The van der Waals surface area contributed by atoms with Crippen molar-refractivity contribution in [3.63, 3.8) is 0 Å². The van der Waals surface area contributed by atoms with E-state index in [0.717, 1.165) is 21.2 Å². The second kappa shape index (κ2) is 9.75. The van der Waals surface area contributed by atoms with Crippen molar-refractivity contribution in [2.45, 2.75) is 37.1 Å². The number of methoxy groups -OCH3 is 1. The van der Waals surface area contributed by atoms with Crippen molar-refractivity contribution in [2.75, 3.05) is 18.0 Å². The molecule has 1 aromatic heterocycles. The highest BCUT2D eigenvalue weighted by molar-refractivity contribution is 7.94. The van der Waals surface area contributed by atoms with Crippen LogP contribution in [0.2, 0.25) is 0 Å². The van der Waals surface area contributed by atoms with Gasteiger partial charge in [-0.15, -0.1) is 11.3 Å². The highest BCUT2D eigenvalue weighted by Crippen LogP contribution is 2.34. The molecule has 0 fully saturated rings. The van der Waals surface area contributed by atoms with Crippen LogP contribution in [0, 0.1) is 0 Å². The number of hydrogen-bond acceptors (Lipinski definition) is 5. The first-order valence-electron chi connectivity index (χ1n) is 10.2. The minimum Gasteiger partial charge on any atom is -0.495 e. The number of nitrogens with zero attached hydrogens (tertiary/aromatic N) is 2. The van der Waals surface area contributed by atoms with Gasteiger partial charge in [0, 0.05) is 12.1 Å². The quantitative estimate of drug-likeness (QED) is 0.473. The monoisotopic (exact) mass is 472 g/mol. The zero-order valence-corrected chi connectivity index (χ0v) is 20.3. The standard InChI is InChI=1S/C24H28N2O4S2/c1-24(2,3)25(17-19-11-6-5-7-12-19)22(27)18-26(20-13-8-9-14-21(20)30-4)32(28,29)23-15-10-16-31-23/h5-16H,17-18H2,1-4H3. The van der Waals surface area contributed by atoms with Crippen LogP contribution >= 0.6 is 11.3 Å². The van der Waals surface area contributed by atoms with Crippen LogP contribution in [0.15, 0.2) is 76.3 Å². The number of rotatable bonds is 8. The maximum absolute atomic E-state index is 13.6. The number of ether oxygens (including phenoxy) is 1. The van der Waals surface area contributed by atoms with Gasteiger partial charge in [0.1, 0.15) is 16.5 Å². The molecule has 3 rings (SSSR count). The predicted octanol–water partition coefficient (Wildman–Crippen LogP) is 4.78. The van der Waals surface area contributed by atoms with Crippen molar-refractivity contribution < 1.29 is 17.9 Å². The van der Waals surface area contributed by atoms with Gasteiger partial charge in [-0.05, 0) is 49.9 Å². The Morgan fingerprint density at radius 3 is 2.22 bits per heavy atom. The van der Waals surface area contributed by atoms with Gasteiger partial charge in [-0.1, -0.05) is 48.5 Å². The summed E-state index contributed by atoms with van der Waals surface area (Å²) in [6.45, 7) is 5.85. The fraction of sp³-hybridized carbons (Fsp3) is 0.292. The normalized spacial score (nSPS) is 11.8. The summed E-state index contributed by atoms with van der Waals surface area (Å²) >= 11 is 1.11.